The third-order valence-electron chi connectivity index (χ3n) is 13.2. The smallest absolute Gasteiger partial charge is 0.326 e. The number of rotatable bonds is 31. The zero-order chi connectivity index (χ0) is 59.1. The van der Waals surface area contributed by atoms with Crippen molar-refractivity contribution in [2.24, 2.45) is 33.8 Å². The maximum atomic E-state index is 14.0. The number of benzene rings is 2. The molecule has 2 fully saturated rings. The Morgan fingerprint density at radius 1 is 0.637 bits per heavy atom. The largest absolute Gasteiger partial charge is 0.508 e. The highest BCUT2D eigenvalue weighted by atomic mass is 16.4. The van der Waals surface area contributed by atoms with Crippen molar-refractivity contribution in [2.45, 2.75) is 133 Å². The number of aliphatic hydroxyl groups excluding tert-OH is 1. The van der Waals surface area contributed by atoms with Crippen molar-refractivity contribution in [3.8, 4) is 5.75 Å². The van der Waals surface area contributed by atoms with E-state index in [4.69, 9.17) is 22.9 Å². The Bertz CT molecular complexity index is 2530. The predicted molar refractivity (Wildman–Crippen MR) is 288 cm³/mol. The van der Waals surface area contributed by atoms with Crippen LogP contribution in [0.2, 0.25) is 0 Å². The molecule has 2 aromatic rings. The number of hydrogen-bond acceptors (Lipinski definition) is 15. The number of nitrogens with two attached hydrogens (primary N) is 4. The Hall–Kier alpha value is -8.40. The Balaban J connectivity index is 1.36. The van der Waals surface area contributed by atoms with Gasteiger partial charge in [0, 0.05) is 32.5 Å². The van der Waals surface area contributed by atoms with Gasteiger partial charge in [0.25, 0.3) is 0 Å². The number of nitrogens with one attached hydrogen (secondary N) is 7. The number of guanidine groups is 1. The molecule has 438 valence electrons. The van der Waals surface area contributed by atoms with E-state index in [0.717, 1.165) is 4.90 Å². The van der Waals surface area contributed by atoms with Crippen LogP contribution in [0, 0.1) is 5.92 Å². The number of primary amides is 1. The van der Waals surface area contributed by atoms with Crippen molar-refractivity contribution in [1.29, 1.82) is 0 Å². The van der Waals surface area contributed by atoms with Crippen molar-refractivity contribution in [1.82, 2.24) is 47.0 Å². The van der Waals surface area contributed by atoms with Crippen molar-refractivity contribution in [3.05, 3.63) is 65.7 Å². The zero-order valence-electron chi connectivity index (χ0n) is 44.9. The molecule has 2 aliphatic heterocycles. The molecule has 2 aromatic carbocycles. The van der Waals surface area contributed by atoms with Crippen LogP contribution in [0.25, 0.3) is 0 Å². The van der Waals surface area contributed by atoms with Crippen molar-refractivity contribution in [3.63, 3.8) is 0 Å². The lowest BCUT2D eigenvalue weighted by Crippen LogP contribution is -2.59. The topological polar surface area (TPSA) is 456 Å². The summed E-state index contributed by atoms with van der Waals surface area (Å²) >= 11 is 0. The number of phenols is 1. The van der Waals surface area contributed by atoms with E-state index in [1.54, 1.807) is 56.3 Å². The highest BCUT2D eigenvalue weighted by Gasteiger charge is 2.40. The van der Waals surface area contributed by atoms with E-state index in [1.165, 1.54) is 17.0 Å². The lowest BCUT2D eigenvalue weighted by atomic mass is 10.0. The van der Waals surface area contributed by atoms with Crippen molar-refractivity contribution >= 4 is 71.0 Å². The van der Waals surface area contributed by atoms with Crippen LogP contribution in [-0.2, 0) is 65.6 Å². The predicted octanol–water partition coefficient (Wildman–Crippen LogP) is -4.41. The number of phenolic OH excluding ortho intramolecular Hbond substituents is 1. The third kappa shape index (κ3) is 20.8. The summed E-state index contributed by atoms with van der Waals surface area (Å²) in [6, 6.07) is 4.52. The van der Waals surface area contributed by atoms with E-state index >= 15 is 0 Å². The second kappa shape index (κ2) is 31.9. The van der Waals surface area contributed by atoms with E-state index in [2.05, 4.69) is 42.2 Å². The number of amides is 10. The number of carboxylic acids is 1. The summed E-state index contributed by atoms with van der Waals surface area (Å²) in [5, 5.41) is 46.8. The van der Waals surface area contributed by atoms with Crippen LogP contribution in [0.5, 0.6) is 5.75 Å². The molecule has 4 rings (SSSR count). The summed E-state index contributed by atoms with van der Waals surface area (Å²) in [7, 11) is 0. The number of aliphatic carboxylic acids is 1. The van der Waals surface area contributed by atoms with Crippen molar-refractivity contribution in [2.75, 3.05) is 39.3 Å². The van der Waals surface area contributed by atoms with Gasteiger partial charge in [-0.15, -0.1) is 0 Å². The molecule has 0 saturated carbocycles. The molecule has 0 bridgehead atoms. The van der Waals surface area contributed by atoms with E-state index in [-0.39, 0.29) is 82.2 Å². The molecule has 80 heavy (non-hydrogen) atoms. The van der Waals surface area contributed by atoms with Gasteiger partial charge in [0.15, 0.2) is 5.96 Å². The number of nitrogens with zero attached hydrogens (tertiary/aromatic N) is 3. The van der Waals surface area contributed by atoms with E-state index < -0.39 is 139 Å². The SMILES string of the molecule is CC(C)C[C@H](NC(=O)[C@@H]1CCCN1C(=O)[C@@H](N)Cc1ccc(O)cc1)C(=O)NCC(=O)N[C@@H](CCC(N)=O)C(=O)NCC(=O)N[C@@H](CO)C(=O)N[C@@H](Cc1ccccc1)C(=O)N[C@@H](CCCN=C(N)N)C(=O)N1CCC[C@H]1C(=O)O. The lowest BCUT2D eigenvalue weighted by Gasteiger charge is -2.29. The Morgan fingerprint density at radius 2 is 1.19 bits per heavy atom. The van der Waals surface area contributed by atoms with Crippen molar-refractivity contribution < 1.29 is 68.1 Å². The molecule has 2 aliphatic rings. The maximum Gasteiger partial charge on any atom is 0.326 e. The van der Waals surface area contributed by atoms with Gasteiger partial charge < -0.3 is 85.3 Å². The highest BCUT2D eigenvalue weighted by Crippen LogP contribution is 2.22. The standard InChI is InChI=1S/C52H76N14O14/c1-29(2)23-36(64-48(76)39-12-7-21-65(39)49(77)33(53)24-31-14-16-32(68)17-15-31)45(73)59-26-42(70)60-34(18-19-41(54)69)44(72)58-27-43(71)61-38(28-67)47(75)63-37(25-30-9-4-3-5-10-30)46(74)62-35(11-6-20-57-52(55)56)50(78)66-22-8-13-40(66)51(79)80/h3-5,9-10,14-17,29,33-40,67-68H,6-8,11-13,18-28,53H2,1-2H3,(H2,54,69)(H,58,72)(H,59,73)(H,60,70)(H,61,71)(H,62,74)(H,63,75)(H,64,76)(H,79,80)(H4,55,56,57)/t33-,34-,35-,36-,37-,38-,39-,40-/m0/s1. The number of aliphatic imine (C=N–C) groups is 1. The average molecular weight is 1120 g/mol. The summed E-state index contributed by atoms with van der Waals surface area (Å²) in [5.41, 5.74) is 23.7. The highest BCUT2D eigenvalue weighted by molar-refractivity contribution is 5.98. The van der Waals surface area contributed by atoms with Gasteiger partial charge >= 0.3 is 5.97 Å². The minimum Gasteiger partial charge on any atom is -0.508 e. The lowest BCUT2D eigenvalue weighted by molar-refractivity contribution is -0.149. The molecule has 0 spiro atoms. The first-order valence-corrected chi connectivity index (χ1v) is 26.4. The molecule has 0 aliphatic carbocycles. The monoisotopic (exact) mass is 1120 g/mol. The molecule has 10 amide bonds. The van der Waals surface area contributed by atoms with Crippen LogP contribution in [0.4, 0.5) is 0 Å². The first-order valence-electron chi connectivity index (χ1n) is 26.4. The molecular weight excluding hydrogens is 1040 g/mol. The quantitative estimate of drug-likeness (QED) is 0.0193. The summed E-state index contributed by atoms with van der Waals surface area (Å²) in [6.45, 7) is 1.53. The minimum absolute atomic E-state index is 0.0186. The fraction of sp³-hybridized carbons (Fsp3) is 0.538. The van der Waals surface area contributed by atoms with Gasteiger partial charge in [-0.3, -0.25) is 52.9 Å². The van der Waals surface area contributed by atoms with Gasteiger partial charge in [-0.25, -0.2) is 4.79 Å². The number of likely N-dealkylation sites (tertiary alicyclic amines) is 2. The Labute approximate surface area is 462 Å². The zero-order valence-corrected chi connectivity index (χ0v) is 44.9. The maximum absolute atomic E-state index is 14.0. The number of carboxylic acid groups (broad SMARTS) is 1. The van der Waals surface area contributed by atoms with Crippen LogP contribution in [0.15, 0.2) is 59.6 Å². The van der Waals surface area contributed by atoms with E-state index in [1.807, 2.05) is 0 Å². The van der Waals surface area contributed by atoms with Crippen LogP contribution in [-0.4, -0.2) is 184 Å². The summed E-state index contributed by atoms with van der Waals surface area (Å²) in [6.07, 6.45) is 0.996. The fourth-order valence-corrected chi connectivity index (χ4v) is 9.13. The Kier molecular flexibility index (Phi) is 25.5. The van der Waals surface area contributed by atoms with Crippen LogP contribution < -0.4 is 60.2 Å². The number of hydrogen-bond donors (Lipinski definition) is 14. The molecule has 0 radical (unpaired) electrons. The average Bonchev–Trinajstić information content (AvgIpc) is 4.16. The van der Waals surface area contributed by atoms with Gasteiger partial charge in [0.05, 0.1) is 25.7 Å². The molecule has 2 saturated heterocycles. The van der Waals surface area contributed by atoms with Crippen LogP contribution in [0.1, 0.15) is 82.8 Å². The Morgan fingerprint density at radius 3 is 1.76 bits per heavy atom. The number of aliphatic hydroxyl groups is 1. The van der Waals surface area contributed by atoms with E-state index in [0.29, 0.717) is 30.4 Å². The van der Waals surface area contributed by atoms with Crippen LogP contribution in [0.3, 0.4) is 0 Å². The van der Waals surface area contributed by atoms with Gasteiger partial charge in [-0.2, -0.15) is 0 Å². The van der Waals surface area contributed by atoms with Crippen LogP contribution >= 0.6 is 0 Å². The molecule has 0 aromatic heterocycles. The van der Waals surface area contributed by atoms with Gasteiger partial charge in [-0.05, 0) is 87.0 Å². The van der Waals surface area contributed by atoms with E-state index in [9.17, 15) is 68.1 Å². The summed E-state index contributed by atoms with van der Waals surface area (Å²) in [5.74, 6) is -9.66. The third-order valence-corrected chi connectivity index (χ3v) is 13.2. The number of carbonyl (C=O) groups excluding carboxylic acids is 10. The molecule has 28 heteroatoms. The minimum atomic E-state index is -1.71. The summed E-state index contributed by atoms with van der Waals surface area (Å²) in [4.78, 5) is 152. The first-order chi connectivity index (χ1) is 38.0. The molecule has 2 heterocycles. The van der Waals surface area contributed by atoms with Gasteiger partial charge in [0.2, 0.25) is 59.1 Å². The molecule has 0 unspecified atom stereocenters. The van der Waals surface area contributed by atoms with Gasteiger partial charge in [-0.1, -0.05) is 56.3 Å². The number of aromatic hydroxyl groups is 1. The normalized spacial score (nSPS) is 17.1. The summed E-state index contributed by atoms with van der Waals surface area (Å²) < 4.78 is 0. The fourth-order valence-electron chi connectivity index (χ4n) is 9.13. The molecule has 8 atom stereocenters. The number of carbonyl (C=O) groups is 11. The molecule has 28 nitrogen and oxygen atoms in total. The molecule has 18 N–H and O–H groups in total. The second-order valence-corrected chi connectivity index (χ2v) is 20.0. The first kappa shape index (κ1) is 64.1. The second-order valence-electron chi connectivity index (χ2n) is 20.0. The van der Waals surface area contributed by atoms with Gasteiger partial charge in [0.1, 0.15) is 48.0 Å². The molecular formula is C52H76N14O14.